The van der Waals surface area contributed by atoms with Gasteiger partial charge in [-0.2, -0.15) is 0 Å². The van der Waals surface area contributed by atoms with Gasteiger partial charge in [-0.1, -0.05) is 29.8 Å². The fourth-order valence-corrected chi connectivity index (χ4v) is 3.88. The molecule has 0 spiro atoms. The van der Waals surface area contributed by atoms with Crippen LogP contribution in [0.5, 0.6) is 0 Å². The molecule has 2 heterocycles. The lowest BCUT2D eigenvalue weighted by Crippen LogP contribution is -2.39. The summed E-state index contributed by atoms with van der Waals surface area (Å²) in [5.74, 6) is 0.0862. The molecule has 0 unspecified atom stereocenters. The van der Waals surface area contributed by atoms with Crippen LogP contribution in [-0.2, 0) is 11.2 Å². The van der Waals surface area contributed by atoms with Gasteiger partial charge in [0.15, 0.2) is 0 Å². The largest absolute Gasteiger partial charge is 0.358 e. The van der Waals surface area contributed by atoms with Crippen molar-refractivity contribution < 1.29 is 9.18 Å². The molecule has 3 aromatic rings. The topological polar surface area (TPSA) is 36.1 Å². The number of H-pyrrole nitrogens is 1. The highest BCUT2D eigenvalue weighted by Gasteiger charge is 2.25. The van der Waals surface area contributed by atoms with Gasteiger partial charge in [0.1, 0.15) is 5.82 Å². The Labute approximate surface area is 156 Å². The molecule has 1 aliphatic heterocycles. The van der Waals surface area contributed by atoms with E-state index in [2.05, 4.69) is 11.1 Å². The van der Waals surface area contributed by atoms with Crippen LogP contribution >= 0.6 is 11.6 Å². The maximum atomic E-state index is 13.7. The Kier molecular flexibility index (Phi) is 4.68. The minimum atomic E-state index is -0.313. The fraction of sp³-hybridized carbons (Fsp3) is 0.286. The maximum absolute atomic E-state index is 13.7. The van der Waals surface area contributed by atoms with Crippen molar-refractivity contribution in [3.8, 4) is 0 Å². The SMILES string of the molecule is O=C(Cc1ccccc1F)N1CCC(c2cc3cc(Cl)ccc3[nH]2)CC1. The Morgan fingerprint density at radius 1 is 1.15 bits per heavy atom. The summed E-state index contributed by atoms with van der Waals surface area (Å²) in [6.07, 6.45) is 1.94. The average Bonchev–Trinajstić information content (AvgIpc) is 3.07. The number of piperidine rings is 1. The predicted octanol–water partition coefficient (Wildman–Crippen LogP) is 4.91. The summed E-state index contributed by atoms with van der Waals surface area (Å²) in [6, 6.07) is 14.5. The van der Waals surface area contributed by atoms with Gasteiger partial charge in [-0.3, -0.25) is 4.79 Å². The molecule has 5 heteroatoms. The summed E-state index contributed by atoms with van der Waals surface area (Å²) in [7, 11) is 0. The zero-order chi connectivity index (χ0) is 18.1. The summed E-state index contributed by atoms with van der Waals surface area (Å²) >= 11 is 6.06. The third-order valence-corrected chi connectivity index (χ3v) is 5.43. The molecule has 26 heavy (non-hydrogen) atoms. The minimum absolute atomic E-state index is 0.00280. The quantitative estimate of drug-likeness (QED) is 0.698. The second-order valence-corrected chi connectivity index (χ2v) is 7.32. The van der Waals surface area contributed by atoms with Crippen molar-refractivity contribution >= 4 is 28.4 Å². The van der Waals surface area contributed by atoms with Crippen molar-refractivity contribution in [2.24, 2.45) is 0 Å². The molecular formula is C21H20ClFN2O. The summed E-state index contributed by atoms with van der Waals surface area (Å²) in [4.78, 5) is 17.8. The third-order valence-electron chi connectivity index (χ3n) is 5.19. The van der Waals surface area contributed by atoms with E-state index >= 15 is 0 Å². The number of amides is 1. The van der Waals surface area contributed by atoms with Crippen LogP contribution in [0.25, 0.3) is 10.9 Å². The van der Waals surface area contributed by atoms with Gasteiger partial charge in [-0.25, -0.2) is 4.39 Å². The number of carbonyl (C=O) groups excluding carboxylic acids is 1. The normalized spacial score (nSPS) is 15.5. The lowest BCUT2D eigenvalue weighted by Gasteiger charge is -2.31. The molecule has 0 bridgehead atoms. The smallest absolute Gasteiger partial charge is 0.227 e. The molecule has 0 atom stereocenters. The molecule has 1 N–H and O–H groups in total. The molecule has 0 saturated carbocycles. The van der Waals surface area contributed by atoms with Gasteiger partial charge in [0.25, 0.3) is 0 Å². The number of likely N-dealkylation sites (tertiary alicyclic amines) is 1. The number of benzene rings is 2. The molecule has 4 rings (SSSR count). The first-order valence-corrected chi connectivity index (χ1v) is 9.27. The number of hydrogen-bond acceptors (Lipinski definition) is 1. The highest BCUT2D eigenvalue weighted by Crippen LogP contribution is 2.31. The number of carbonyl (C=O) groups is 1. The first-order chi connectivity index (χ1) is 12.6. The Morgan fingerprint density at radius 2 is 1.92 bits per heavy atom. The van der Waals surface area contributed by atoms with E-state index < -0.39 is 0 Å². The zero-order valence-electron chi connectivity index (χ0n) is 14.3. The molecule has 0 radical (unpaired) electrons. The van der Waals surface area contributed by atoms with Crippen LogP contribution in [0.15, 0.2) is 48.5 Å². The van der Waals surface area contributed by atoms with E-state index in [1.807, 2.05) is 23.1 Å². The second-order valence-electron chi connectivity index (χ2n) is 6.88. The number of nitrogens with zero attached hydrogens (tertiary/aromatic N) is 1. The lowest BCUT2D eigenvalue weighted by atomic mass is 9.93. The number of rotatable bonds is 3. The van der Waals surface area contributed by atoms with Crippen molar-refractivity contribution in [1.29, 1.82) is 0 Å². The van der Waals surface area contributed by atoms with Crippen LogP contribution < -0.4 is 0 Å². The van der Waals surface area contributed by atoms with Crippen molar-refractivity contribution in [2.75, 3.05) is 13.1 Å². The van der Waals surface area contributed by atoms with E-state index in [1.54, 1.807) is 18.2 Å². The molecular weight excluding hydrogens is 351 g/mol. The van der Waals surface area contributed by atoms with E-state index in [4.69, 9.17) is 11.6 Å². The predicted molar refractivity (Wildman–Crippen MR) is 102 cm³/mol. The van der Waals surface area contributed by atoms with Crippen molar-refractivity contribution in [2.45, 2.75) is 25.2 Å². The number of halogens is 2. The third kappa shape index (κ3) is 3.47. The second kappa shape index (κ2) is 7.12. The number of hydrogen-bond donors (Lipinski definition) is 1. The molecule has 3 nitrogen and oxygen atoms in total. The van der Waals surface area contributed by atoms with Gasteiger partial charge < -0.3 is 9.88 Å². The molecule has 1 fully saturated rings. The van der Waals surface area contributed by atoms with Crippen LogP contribution in [-0.4, -0.2) is 28.9 Å². The molecule has 1 saturated heterocycles. The van der Waals surface area contributed by atoms with Crippen LogP contribution in [0.3, 0.4) is 0 Å². The molecule has 1 amide bonds. The van der Waals surface area contributed by atoms with E-state index in [1.165, 1.54) is 11.8 Å². The van der Waals surface area contributed by atoms with E-state index in [9.17, 15) is 9.18 Å². The molecule has 1 aliphatic rings. The Morgan fingerprint density at radius 3 is 2.69 bits per heavy atom. The summed E-state index contributed by atoms with van der Waals surface area (Å²) in [5.41, 5.74) is 2.75. The van der Waals surface area contributed by atoms with Crippen molar-refractivity contribution in [3.05, 3.63) is 70.6 Å². The standard InChI is InChI=1S/C21H20ClFN2O/c22-17-5-6-19-16(11-17)12-20(24-19)14-7-9-25(10-8-14)21(26)13-15-3-1-2-4-18(15)23/h1-6,11-12,14,24H,7-10,13H2. The minimum Gasteiger partial charge on any atom is -0.358 e. The number of fused-ring (bicyclic) bond motifs is 1. The Hall–Kier alpha value is -2.33. The van der Waals surface area contributed by atoms with E-state index in [0.717, 1.165) is 28.8 Å². The average molecular weight is 371 g/mol. The van der Waals surface area contributed by atoms with Crippen molar-refractivity contribution in [3.63, 3.8) is 0 Å². The van der Waals surface area contributed by atoms with Crippen LogP contribution in [0.4, 0.5) is 4.39 Å². The molecule has 2 aromatic carbocycles. The van der Waals surface area contributed by atoms with Crippen LogP contribution in [0.2, 0.25) is 5.02 Å². The summed E-state index contributed by atoms with van der Waals surface area (Å²) in [6.45, 7) is 1.40. The highest BCUT2D eigenvalue weighted by molar-refractivity contribution is 6.31. The Bertz CT molecular complexity index is 944. The van der Waals surface area contributed by atoms with Crippen molar-refractivity contribution in [1.82, 2.24) is 9.88 Å². The van der Waals surface area contributed by atoms with Gasteiger partial charge in [-0.05, 0) is 48.7 Å². The van der Waals surface area contributed by atoms with Crippen LogP contribution in [0, 0.1) is 5.82 Å². The monoisotopic (exact) mass is 370 g/mol. The number of aromatic amines is 1. The highest BCUT2D eigenvalue weighted by atomic mass is 35.5. The number of nitrogens with one attached hydrogen (secondary N) is 1. The number of aromatic nitrogens is 1. The summed E-state index contributed by atoms with van der Waals surface area (Å²) < 4.78 is 13.7. The molecule has 0 aliphatic carbocycles. The fourth-order valence-electron chi connectivity index (χ4n) is 3.70. The first kappa shape index (κ1) is 17.1. The van der Waals surface area contributed by atoms with Gasteiger partial charge >= 0.3 is 0 Å². The summed E-state index contributed by atoms with van der Waals surface area (Å²) in [5, 5.41) is 1.85. The van der Waals surface area contributed by atoms with Gasteiger partial charge in [0.2, 0.25) is 5.91 Å². The van der Waals surface area contributed by atoms with Gasteiger partial charge in [-0.15, -0.1) is 0 Å². The Balaban J connectivity index is 1.40. The molecule has 1 aromatic heterocycles. The van der Waals surface area contributed by atoms with Gasteiger partial charge in [0.05, 0.1) is 6.42 Å². The van der Waals surface area contributed by atoms with Gasteiger partial charge in [0, 0.05) is 40.6 Å². The zero-order valence-corrected chi connectivity index (χ0v) is 15.1. The van der Waals surface area contributed by atoms with E-state index in [0.29, 0.717) is 24.6 Å². The van der Waals surface area contributed by atoms with E-state index in [-0.39, 0.29) is 18.1 Å². The van der Waals surface area contributed by atoms with Crippen LogP contribution in [0.1, 0.15) is 30.0 Å². The first-order valence-electron chi connectivity index (χ1n) is 8.89. The molecule has 134 valence electrons. The lowest BCUT2D eigenvalue weighted by molar-refractivity contribution is -0.131. The maximum Gasteiger partial charge on any atom is 0.227 e.